The minimum atomic E-state index is -0.461. The van der Waals surface area contributed by atoms with Gasteiger partial charge in [0.15, 0.2) is 5.82 Å². The van der Waals surface area contributed by atoms with Crippen LogP contribution in [0, 0.1) is 5.95 Å². The summed E-state index contributed by atoms with van der Waals surface area (Å²) < 4.78 is 13.8. The lowest BCUT2D eigenvalue weighted by atomic mass is 10.0. The maximum atomic E-state index is 13.8. The van der Waals surface area contributed by atoms with Gasteiger partial charge in [-0.3, -0.25) is 9.89 Å². The highest BCUT2D eigenvalue weighted by Gasteiger charge is 2.21. The molecule has 4 rings (SSSR count). The lowest BCUT2D eigenvalue weighted by Gasteiger charge is -2.28. The van der Waals surface area contributed by atoms with Crippen molar-refractivity contribution in [3.05, 3.63) is 52.1 Å². The second kappa shape index (κ2) is 7.14. The molecule has 0 N–H and O–H groups in total. The Kier molecular flexibility index (Phi) is 4.72. The first-order valence-corrected chi connectivity index (χ1v) is 8.97. The summed E-state index contributed by atoms with van der Waals surface area (Å²) in [5.74, 6) is 0.314. The van der Waals surface area contributed by atoms with Gasteiger partial charge < -0.3 is 0 Å². The van der Waals surface area contributed by atoms with E-state index in [2.05, 4.69) is 19.9 Å². The molecule has 2 aliphatic heterocycles. The third-order valence-corrected chi connectivity index (χ3v) is 4.87. The molecule has 0 saturated heterocycles. The predicted molar refractivity (Wildman–Crippen MR) is 94.3 cm³/mol. The summed E-state index contributed by atoms with van der Waals surface area (Å²) in [6, 6.07) is 1.64. The van der Waals surface area contributed by atoms with Crippen molar-refractivity contribution in [3.63, 3.8) is 0 Å². The van der Waals surface area contributed by atoms with Crippen molar-refractivity contribution in [2.75, 3.05) is 13.1 Å². The van der Waals surface area contributed by atoms with Crippen molar-refractivity contribution in [1.29, 1.82) is 0 Å². The molecule has 130 valence electrons. The van der Waals surface area contributed by atoms with E-state index < -0.39 is 5.95 Å². The van der Waals surface area contributed by atoms with Gasteiger partial charge in [0.2, 0.25) is 5.95 Å². The van der Waals surface area contributed by atoms with E-state index in [0.717, 1.165) is 61.6 Å². The van der Waals surface area contributed by atoms with E-state index in [9.17, 15) is 4.39 Å². The van der Waals surface area contributed by atoms with Gasteiger partial charge >= 0.3 is 0 Å². The molecule has 0 amide bonds. The van der Waals surface area contributed by atoms with Crippen LogP contribution < -0.4 is 0 Å². The van der Waals surface area contributed by atoms with Crippen LogP contribution in [0.15, 0.2) is 23.5 Å². The van der Waals surface area contributed by atoms with Crippen LogP contribution >= 0.6 is 11.6 Å². The highest BCUT2D eigenvalue weighted by atomic mass is 35.5. The zero-order valence-electron chi connectivity index (χ0n) is 13.9. The van der Waals surface area contributed by atoms with E-state index in [4.69, 9.17) is 16.6 Å². The second-order valence-corrected chi connectivity index (χ2v) is 6.95. The van der Waals surface area contributed by atoms with Crippen LogP contribution in [0.1, 0.15) is 41.9 Å². The molecule has 0 aliphatic carbocycles. The van der Waals surface area contributed by atoms with Crippen molar-refractivity contribution in [2.45, 2.75) is 38.8 Å². The first-order valence-electron chi connectivity index (χ1n) is 8.60. The van der Waals surface area contributed by atoms with E-state index in [1.54, 1.807) is 6.07 Å². The average molecular weight is 360 g/mol. The van der Waals surface area contributed by atoms with Gasteiger partial charge in [0.25, 0.3) is 0 Å². The first-order chi connectivity index (χ1) is 12.2. The summed E-state index contributed by atoms with van der Waals surface area (Å²) >= 11 is 5.93. The third-order valence-electron chi connectivity index (χ3n) is 4.67. The minimum absolute atomic E-state index is 0.454. The molecule has 4 heterocycles. The van der Waals surface area contributed by atoms with E-state index in [-0.39, 0.29) is 0 Å². The lowest BCUT2D eigenvalue weighted by molar-refractivity contribution is 0.238. The van der Waals surface area contributed by atoms with Gasteiger partial charge in [-0.05, 0) is 25.3 Å². The fourth-order valence-corrected chi connectivity index (χ4v) is 3.53. The number of aliphatic imine (C=N–C) groups is 1. The molecule has 0 unspecified atom stereocenters. The number of hydrogen-bond acceptors (Lipinski definition) is 5. The molecule has 0 saturated carbocycles. The minimum Gasteiger partial charge on any atom is -0.294 e. The molecule has 0 fully saturated rings. The van der Waals surface area contributed by atoms with Crippen LogP contribution in [0.4, 0.5) is 4.39 Å². The van der Waals surface area contributed by atoms with Crippen molar-refractivity contribution in [2.24, 2.45) is 4.99 Å². The molecular weight excluding hydrogens is 341 g/mol. The topological polar surface area (TPSA) is 54.3 Å². The molecule has 5 nitrogen and oxygen atoms in total. The van der Waals surface area contributed by atoms with Crippen molar-refractivity contribution in [3.8, 4) is 0 Å². The Bertz CT molecular complexity index is 823. The fraction of sp³-hybridized carbons (Fsp3) is 0.444. The third kappa shape index (κ3) is 3.70. The fourth-order valence-electron chi connectivity index (χ4n) is 3.34. The molecule has 2 aromatic heterocycles. The van der Waals surface area contributed by atoms with Crippen molar-refractivity contribution in [1.82, 2.24) is 19.9 Å². The van der Waals surface area contributed by atoms with Crippen LogP contribution in [0.5, 0.6) is 0 Å². The Morgan fingerprint density at radius 1 is 1.16 bits per heavy atom. The molecule has 0 spiro atoms. The van der Waals surface area contributed by atoms with E-state index in [1.807, 2.05) is 6.20 Å². The number of halogens is 2. The Morgan fingerprint density at radius 3 is 2.92 bits per heavy atom. The van der Waals surface area contributed by atoms with E-state index >= 15 is 0 Å². The highest BCUT2D eigenvalue weighted by molar-refractivity contribution is 6.30. The molecule has 0 radical (unpaired) electrons. The maximum absolute atomic E-state index is 13.8. The normalized spacial score (nSPS) is 17.9. The van der Waals surface area contributed by atoms with Gasteiger partial charge in [-0.1, -0.05) is 11.6 Å². The molecule has 2 aromatic rings. The Morgan fingerprint density at radius 2 is 2.08 bits per heavy atom. The van der Waals surface area contributed by atoms with Gasteiger partial charge in [0.05, 0.1) is 16.4 Å². The van der Waals surface area contributed by atoms with Crippen LogP contribution in [-0.2, 0) is 19.5 Å². The monoisotopic (exact) mass is 359 g/mol. The Balaban J connectivity index is 1.50. The zero-order chi connectivity index (χ0) is 17.2. The number of nitrogens with zero attached hydrogens (tertiary/aromatic N) is 5. The van der Waals surface area contributed by atoms with Crippen LogP contribution in [0.2, 0.25) is 5.02 Å². The first kappa shape index (κ1) is 16.5. The van der Waals surface area contributed by atoms with Gasteiger partial charge in [-0.2, -0.15) is 4.39 Å². The summed E-state index contributed by atoms with van der Waals surface area (Å²) in [7, 11) is 0. The summed E-state index contributed by atoms with van der Waals surface area (Å²) in [4.78, 5) is 19.7. The standard InChI is InChI=1S/C18H19ClFN5/c19-14-7-12(17(20)22-9-14)10-25-6-4-15-13(11-25)8-23-18(24-15)16-3-1-2-5-21-16/h7-9H,1-6,10-11H2. The number of fused-ring (bicyclic) bond motifs is 1. The molecule has 0 atom stereocenters. The van der Waals surface area contributed by atoms with E-state index in [1.165, 1.54) is 6.20 Å². The van der Waals surface area contributed by atoms with E-state index in [0.29, 0.717) is 23.7 Å². The molecule has 2 aliphatic rings. The summed E-state index contributed by atoms with van der Waals surface area (Å²) in [5.41, 5.74) is 3.73. The SMILES string of the molecule is Fc1ncc(Cl)cc1CN1CCc2nc(C3=NCCCC3)ncc2C1. The predicted octanol–water partition coefficient (Wildman–Crippen LogP) is 3.20. The van der Waals surface area contributed by atoms with Gasteiger partial charge in [0, 0.05) is 56.1 Å². The quantitative estimate of drug-likeness (QED) is 0.790. The maximum Gasteiger partial charge on any atom is 0.217 e. The smallest absolute Gasteiger partial charge is 0.217 e. The van der Waals surface area contributed by atoms with Gasteiger partial charge in [0.1, 0.15) is 0 Å². The van der Waals surface area contributed by atoms with Crippen molar-refractivity contribution >= 4 is 17.3 Å². The molecule has 7 heteroatoms. The van der Waals surface area contributed by atoms with Crippen LogP contribution in [0.3, 0.4) is 0 Å². The Labute approximate surface area is 151 Å². The largest absolute Gasteiger partial charge is 0.294 e. The van der Waals surface area contributed by atoms with Gasteiger partial charge in [-0.25, -0.2) is 15.0 Å². The summed E-state index contributed by atoms with van der Waals surface area (Å²) in [6.45, 7) is 2.88. The molecular formula is C18H19ClFN5. The number of rotatable bonds is 3. The molecule has 25 heavy (non-hydrogen) atoms. The number of hydrogen-bond donors (Lipinski definition) is 0. The molecule has 0 aromatic carbocycles. The van der Waals surface area contributed by atoms with Crippen LogP contribution in [0.25, 0.3) is 0 Å². The van der Waals surface area contributed by atoms with Crippen molar-refractivity contribution < 1.29 is 4.39 Å². The summed E-state index contributed by atoms with van der Waals surface area (Å²) in [5, 5.41) is 0.454. The highest BCUT2D eigenvalue weighted by Crippen LogP contribution is 2.21. The number of aromatic nitrogens is 3. The summed E-state index contributed by atoms with van der Waals surface area (Å²) in [6.07, 6.45) is 7.33. The number of pyridine rings is 1. The lowest BCUT2D eigenvalue weighted by Crippen LogP contribution is -2.31. The second-order valence-electron chi connectivity index (χ2n) is 6.52. The Hall–Kier alpha value is -1.92. The average Bonchev–Trinajstić information content (AvgIpc) is 2.65. The van der Waals surface area contributed by atoms with Crippen LogP contribution in [-0.4, -0.2) is 38.7 Å². The molecule has 0 bridgehead atoms. The zero-order valence-corrected chi connectivity index (χ0v) is 14.6. The van der Waals surface area contributed by atoms with Gasteiger partial charge in [-0.15, -0.1) is 0 Å².